The van der Waals surface area contributed by atoms with Crippen molar-refractivity contribution in [2.75, 3.05) is 39.9 Å². The minimum absolute atomic E-state index is 0.671. The lowest BCUT2D eigenvalue weighted by molar-refractivity contribution is 0.240. The van der Waals surface area contributed by atoms with E-state index in [0.717, 1.165) is 24.6 Å². The van der Waals surface area contributed by atoms with Gasteiger partial charge in [0, 0.05) is 19.6 Å². The number of hydrogen-bond acceptors (Lipinski definition) is 4. The Kier molecular flexibility index (Phi) is 6.43. The van der Waals surface area contributed by atoms with Gasteiger partial charge in [-0.15, -0.1) is 0 Å². The zero-order chi connectivity index (χ0) is 12.5. The molecule has 4 nitrogen and oxygen atoms in total. The minimum Gasteiger partial charge on any atom is -0.494 e. The van der Waals surface area contributed by atoms with E-state index in [4.69, 9.17) is 15.2 Å². The summed E-state index contributed by atoms with van der Waals surface area (Å²) in [6.07, 6.45) is 0. The summed E-state index contributed by atoms with van der Waals surface area (Å²) in [5.74, 6) is 1.75. The molecule has 0 amide bonds. The van der Waals surface area contributed by atoms with Crippen LogP contribution in [0.2, 0.25) is 0 Å². The summed E-state index contributed by atoms with van der Waals surface area (Å²) in [5.41, 5.74) is 5.46. The Labute approximate surface area is 103 Å². The van der Waals surface area contributed by atoms with Crippen molar-refractivity contribution in [2.45, 2.75) is 6.92 Å². The second kappa shape index (κ2) is 7.92. The maximum absolute atomic E-state index is 5.62. The first-order valence-corrected chi connectivity index (χ1v) is 6.00. The van der Waals surface area contributed by atoms with Gasteiger partial charge in [-0.25, -0.2) is 0 Å². The van der Waals surface area contributed by atoms with E-state index in [0.29, 0.717) is 19.8 Å². The Balaban J connectivity index is 2.27. The molecule has 0 saturated heterocycles. The van der Waals surface area contributed by atoms with Crippen molar-refractivity contribution in [3.05, 3.63) is 24.3 Å². The highest BCUT2D eigenvalue weighted by Gasteiger charge is 1.98. The molecule has 0 unspecified atom stereocenters. The molecule has 4 heteroatoms. The van der Waals surface area contributed by atoms with E-state index in [1.807, 2.05) is 38.2 Å². The summed E-state index contributed by atoms with van der Waals surface area (Å²) in [6, 6.07) is 7.69. The van der Waals surface area contributed by atoms with Gasteiger partial charge in [0.15, 0.2) is 0 Å². The number of rotatable bonds is 8. The molecule has 0 aliphatic rings. The Morgan fingerprint density at radius 2 is 1.65 bits per heavy atom. The molecular weight excluding hydrogens is 216 g/mol. The summed E-state index contributed by atoms with van der Waals surface area (Å²) in [7, 11) is 2.04. The third kappa shape index (κ3) is 5.56. The fourth-order valence-electron chi connectivity index (χ4n) is 1.45. The lowest BCUT2D eigenvalue weighted by Crippen LogP contribution is -2.29. The first-order valence-electron chi connectivity index (χ1n) is 6.00. The van der Waals surface area contributed by atoms with Gasteiger partial charge in [0.1, 0.15) is 18.1 Å². The maximum Gasteiger partial charge on any atom is 0.119 e. The molecule has 0 aliphatic carbocycles. The predicted molar refractivity (Wildman–Crippen MR) is 69.7 cm³/mol. The minimum atomic E-state index is 0.671. The quantitative estimate of drug-likeness (QED) is 0.743. The first-order chi connectivity index (χ1) is 8.26. The maximum atomic E-state index is 5.62. The Morgan fingerprint density at radius 3 is 2.18 bits per heavy atom. The van der Waals surface area contributed by atoms with Crippen LogP contribution in [0.1, 0.15) is 6.92 Å². The molecule has 1 aromatic carbocycles. The molecule has 0 aliphatic heterocycles. The monoisotopic (exact) mass is 238 g/mol. The highest BCUT2D eigenvalue weighted by molar-refractivity contribution is 5.31. The van der Waals surface area contributed by atoms with Crippen molar-refractivity contribution < 1.29 is 9.47 Å². The molecule has 0 atom stereocenters. The summed E-state index contributed by atoms with van der Waals surface area (Å²) in [6.45, 7) is 5.78. The zero-order valence-corrected chi connectivity index (χ0v) is 10.7. The van der Waals surface area contributed by atoms with E-state index >= 15 is 0 Å². The fraction of sp³-hybridized carbons (Fsp3) is 0.538. The standard InChI is InChI=1S/C13H22N2O2/c1-3-16-12-4-6-13(7-5-12)17-11-10-15(2)9-8-14/h4-7H,3,8-11,14H2,1-2H3. The molecule has 0 saturated carbocycles. The number of likely N-dealkylation sites (N-methyl/N-ethyl adjacent to an activating group) is 1. The lowest BCUT2D eigenvalue weighted by Gasteiger charge is -2.15. The number of ether oxygens (including phenoxy) is 2. The highest BCUT2D eigenvalue weighted by atomic mass is 16.5. The summed E-state index contributed by atoms with van der Waals surface area (Å²) < 4.78 is 11.0. The third-order valence-electron chi connectivity index (χ3n) is 2.39. The van der Waals surface area contributed by atoms with Crippen LogP contribution in [0.3, 0.4) is 0 Å². The van der Waals surface area contributed by atoms with E-state index in [-0.39, 0.29) is 0 Å². The third-order valence-corrected chi connectivity index (χ3v) is 2.39. The van der Waals surface area contributed by atoms with Crippen LogP contribution in [-0.2, 0) is 0 Å². The molecule has 1 aromatic rings. The van der Waals surface area contributed by atoms with Crippen LogP contribution in [-0.4, -0.2) is 44.8 Å². The molecule has 0 fully saturated rings. The second-order valence-corrected chi connectivity index (χ2v) is 3.84. The van der Waals surface area contributed by atoms with Crippen molar-refractivity contribution in [2.24, 2.45) is 5.73 Å². The molecule has 1 rings (SSSR count). The largest absolute Gasteiger partial charge is 0.494 e. The topological polar surface area (TPSA) is 47.7 Å². The van der Waals surface area contributed by atoms with Crippen molar-refractivity contribution in [3.63, 3.8) is 0 Å². The van der Waals surface area contributed by atoms with Crippen LogP contribution in [0.25, 0.3) is 0 Å². The average Bonchev–Trinajstić information content (AvgIpc) is 2.32. The van der Waals surface area contributed by atoms with E-state index < -0.39 is 0 Å². The summed E-state index contributed by atoms with van der Waals surface area (Å²) >= 11 is 0. The molecule has 0 bridgehead atoms. The molecule has 0 heterocycles. The summed E-state index contributed by atoms with van der Waals surface area (Å²) in [5, 5.41) is 0. The van der Waals surface area contributed by atoms with Crippen LogP contribution >= 0.6 is 0 Å². The van der Waals surface area contributed by atoms with Crippen molar-refractivity contribution in [3.8, 4) is 11.5 Å². The second-order valence-electron chi connectivity index (χ2n) is 3.84. The van der Waals surface area contributed by atoms with E-state index in [9.17, 15) is 0 Å². The molecular formula is C13H22N2O2. The molecule has 96 valence electrons. The van der Waals surface area contributed by atoms with Gasteiger partial charge in [-0.05, 0) is 38.2 Å². The lowest BCUT2D eigenvalue weighted by atomic mass is 10.3. The Bertz CT molecular complexity index is 301. The summed E-state index contributed by atoms with van der Waals surface area (Å²) in [4.78, 5) is 2.15. The van der Waals surface area contributed by atoms with Crippen LogP contribution in [0.5, 0.6) is 11.5 Å². The van der Waals surface area contributed by atoms with E-state index in [2.05, 4.69) is 4.90 Å². The van der Waals surface area contributed by atoms with Crippen LogP contribution in [0.4, 0.5) is 0 Å². The van der Waals surface area contributed by atoms with Gasteiger partial charge in [0.05, 0.1) is 6.61 Å². The molecule has 2 N–H and O–H groups in total. The number of nitrogens with zero attached hydrogens (tertiary/aromatic N) is 1. The van der Waals surface area contributed by atoms with Gasteiger partial charge >= 0.3 is 0 Å². The highest BCUT2D eigenvalue weighted by Crippen LogP contribution is 2.17. The van der Waals surface area contributed by atoms with Gasteiger partial charge in [0.25, 0.3) is 0 Å². The van der Waals surface area contributed by atoms with E-state index in [1.54, 1.807) is 0 Å². The van der Waals surface area contributed by atoms with Crippen LogP contribution < -0.4 is 15.2 Å². The SMILES string of the molecule is CCOc1ccc(OCCN(C)CCN)cc1. The number of benzene rings is 1. The number of nitrogens with two attached hydrogens (primary N) is 1. The molecule has 0 radical (unpaired) electrons. The predicted octanol–water partition coefficient (Wildman–Crippen LogP) is 1.35. The first kappa shape index (κ1) is 13.8. The molecule has 0 spiro atoms. The van der Waals surface area contributed by atoms with Crippen molar-refractivity contribution >= 4 is 0 Å². The zero-order valence-electron chi connectivity index (χ0n) is 10.7. The van der Waals surface area contributed by atoms with Crippen LogP contribution in [0.15, 0.2) is 24.3 Å². The normalized spacial score (nSPS) is 10.6. The average molecular weight is 238 g/mol. The van der Waals surface area contributed by atoms with Crippen molar-refractivity contribution in [1.82, 2.24) is 4.90 Å². The van der Waals surface area contributed by atoms with Gasteiger partial charge in [-0.3, -0.25) is 0 Å². The van der Waals surface area contributed by atoms with Gasteiger partial charge in [-0.1, -0.05) is 0 Å². The smallest absolute Gasteiger partial charge is 0.119 e. The molecule has 0 aromatic heterocycles. The molecule has 17 heavy (non-hydrogen) atoms. The van der Waals surface area contributed by atoms with Crippen molar-refractivity contribution in [1.29, 1.82) is 0 Å². The number of hydrogen-bond donors (Lipinski definition) is 1. The van der Waals surface area contributed by atoms with Gasteiger partial charge < -0.3 is 20.1 Å². The van der Waals surface area contributed by atoms with Gasteiger partial charge in [0.2, 0.25) is 0 Å². The fourth-order valence-corrected chi connectivity index (χ4v) is 1.45. The van der Waals surface area contributed by atoms with Crippen LogP contribution in [0, 0.1) is 0 Å². The van der Waals surface area contributed by atoms with E-state index in [1.165, 1.54) is 0 Å². The Hall–Kier alpha value is -1.26. The Morgan fingerprint density at radius 1 is 1.06 bits per heavy atom. The van der Waals surface area contributed by atoms with Gasteiger partial charge in [-0.2, -0.15) is 0 Å².